The lowest BCUT2D eigenvalue weighted by atomic mass is 9.96. The third kappa shape index (κ3) is 2.30. The van der Waals surface area contributed by atoms with Crippen LogP contribution in [0.4, 0.5) is 22.7 Å². The van der Waals surface area contributed by atoms with Crippen molar-refractivity contribution in [1.82, 2.24) is 0 Å². The summed E-state index contributed by atoms with van der Waals surface area (Å²) in [5, 5.41) is 0. The molecule has 0 heterocycles. The average molecular weight is 287 g/mol. The Labute approximate surface area is 121 Å². The number of carbonyl (C=O) groups is 1. The van der Waals surface area contributed by atoms with Gasteiger partial charge in [0.15, 0.2) is 11.5 Å². The van der Waals surface area contributed by atoms with Crippen LogP contribution in [0.25, 0.3) is 0 Å². The number of ketones is 1. The Hall–Kier alpha value is -2.93. The SMILES string of the molecule is Cc1c(N)c(C(=O)c2c(N)cccc2N)cc(N)c1ON. The molecule has 0 saturated carbocycles. The number of hydrogen-bond donors (Lipinski definition) is 5. The van der Waals surface area contributed by atoms with E-state index in [1.807, 2.05) is 0 Å². The van der Waals surface area contributed by atoms with Gasteiger partial charge in [-0.3, -0.25) is 4.79 Å². The summed E-state index contributed by atoms with van der Waals surface area (Å²) >= 11 is 0. The topological polar surface area (TPSA) is 156 Å². The van der Waals surface area contributed by atoms with Gasteiger partial charge in [-0.05, 0) is 25.1 Å². The highest BCUT2D eigenvalue weighted by molar-refractivity contribution is 6.18. The molecule has 2 aromatic carbocycles. The number of benzene rings is 2. The minimum Gasteiger partial charge on any atom is -0.409 e. The fourth-order valence-electron chi connectivity index (χ4n) is 2.17. The fraction of sp³-hybridized carbons (Fsp3) is 0.0714. The summed E-state index contributed by atoms with van der Waals surface area (Å²) in [7, 11) is 0. The van der Waals surface area contributed by atoms with Crippen LogP contribution in [0.3, 0.4) is 0 Å². The lowest BCUT2D eigenvalue weighted by Crippen LogP contribution is -2.14. The molecular weight excluding hydrogens is 270 g/mol. The third-order valence-corrected chi connectivity index (χ3v) is 3.32. The Kier molecular flexibility index (Phi) is 3.60. The van der Waals surface area contributed by atoms with Gasteiger partial charge in [0.2, 0.25) is 0 Å². The van der Waals surface area contributed by atoms with Gasteiger partial charge in [0.25, 0.3) is 0 Å². The first-order valence-electron chi connectivity index (χ1n) is 6.12. The lowest BCUT2D eigenvalue weighted by molar-refractivity contribution is 0.104. The molecule has 10 N–H and O–H groups in total. The van der Waals surface area contributed by atoms with Crippen molar-refractivity contribution in [3.05, 3.63) is 41.0 Å². The lowest BCUT2D eigenvalue weighted by Gasteiger charge is -2.15. The standard InChI is InChI=1S/C14H17N5O2/c1-6-12(18)7(5-10(17)14(6)21-19)13(20)11-8(15)3-2-4-9(11)16/h2-5H,15-19H2,1H3. The summed E-state index contributed by atoms with van der Waals surface area (Å²) in [6.45, 7) is 1.66. The van der Waals surface area contributed by atoms with Crippen molar-refractivity contribution in [3.8, 4) is 5.75 Å². The van der Waals surface area contributed by atoms with Crippen LogP contribution in [0.2, 0.25) is 0 Å². The van der Waals surface area contributed by atoms with Crippen LogP contribution < -0.4 is 33.7 Å². The highest BCUT2D eigenvalue weighted by atomic mass is 16.6. The Morgan fingerprint density at radius 1 is 1.05 bits per heavy atom. The number of anilines is 4. The van der Waals surface area contributed by atoms with Crippen molar-refractivity contribution in [2.45, 2.75) is 6.92 Å². The minimum absolute atomic E-state index is 0.199. The van der Waals surface area contributed by atoms with E-state index >= 15 is 0 Å². The predicted octanol–water partition coefficient (Wildman–Crippen LogP) is 0.807. The normalized spacial score (nSPS) is 10.4. The van der Waals surface area contributed by atoms with Gasteiger partial charge < -0.3 is 27.8 Å². The van der Waals surface area contributed by atoms with E-state index in [-0.39, 0.29) is 39.6 Å². The molecule has 0 aliphatic heterocycles. The molecule has 2 rings (SSSR count). The van der Waals surface area contributed by atoms with Gasteiger partial charge >= 0.3 is 0 Å². The molecule has 2 aromatic rings. The maximum atomic E-state index is 12.6. The first-order chi connectivity index (χ1) is 9.88. The van der Waals surface area contributed by atoms with Crippen molar-refractivity contribution in [2.75, 3.05) is 22.9 Å². The van der Waals surface area contributed by atoms with Gasteiger partial charge in [0, 0.05) is 28.2 Å². The van der Waals surface area contributed by atoms with Crippen molar-refractivity contribution in [1.29, 1.82) is 0 Å². The quantitative estimate of drug-likeness (QED) is 0.317. The Morgan fingerprint density at radius 2 is 1.62 bits per heavy atom. The second-order valence-electron chi connectivity index (χ2n) is 4.64. The predicted molar refractivity (Wildman–Crippen MR) is 83.5 cm³/mol. The zero-order valence-corrected chi connectivity index (χ0v) is 11.5. The van der Waals surface area contributed by atoms with Crippen LogP contribution in [0.5, 0.6) is 5.75 Å². The summed E-state index contributed by atoms with van der Waals surface area (Å²) in [6, 6.07) is 6.25. The fourth-order valence-corrected chi connectivity index (χ4v) is 2.17. The van der Waals surface area contributed by atoms with Crippen molar-refractivity contribution in [2.24, 2.45) is 5.90 Å². The molecule has 0 amide bonds. The number of nitrogen functional groups attached to an aromatic ring is 4. The van der Waals surface area contributed by atoms with Gasteiger partial charge in [-0.2, -0.15) is 5.90 Å². The van der Waals surface area contributed by atoms with Gasteiger partial charge in [-0.15, -0.1) is 0 Å². The monoisotopic (exact) mass is 287 g/mol. The molecule has 21 heavy (non-hydrogen) atoms. The molecule has 7 nitrogen and oxygen atoms in total. The second-order valence-corrected chi connectivity index (χ2v) is 4.64. The highest BCUT2D eigenvalue weighted by Crippen LogP contribution is 2.35. The van der Waals surface area contributed by atoms with Gasteiger partial charge in [0.1, 0.15) is 0 Å². The van der Waals surface area contributed by atoms with Crippen LogP contribution >= 0.6 is 0 Å². The molecule has 0 fully saturated rings. The van der Waals surface area contributed by atoms with E-state index < -0.39 is 5.78 Å². The molecule has 110 valence electrons. The second kappa shape index (κ2) is 5.22. The number of nitrogens with two attached hydrogens (primary N) is 5. The van der Waals surface area contributed by atoms with E-state index in [1.54, 1.807) is 25.1 Å². The van der Waals surface area contributed by atoms with Gasteiger partial charge in [0.05, 0.1) is 11.3 Å². The van der Waals surface area contributed by atoms with Gasteiger partial charge in [-0.25, -0.2) is 0 Å². The van der Waals surface area contributed by atoms with E-state index in [4.69, 9.17) is 28.8 Å². The van der Waals surface area contributed by atoms with Crippen molar-refractivity contribution >= 4 is 28.5 Å². The first-order valence-corrected chi connectivity index (χ1v) is 6.12. The molecule has 7 heteroatoms. The zero-order chi connectivity index (χ0) is 15.7. The van der Waals surface area contributed by atoms with E-state index in [0.29, 0.717) is 5.56 Å². The maximum absolute atomic E-state index is 12.6. The Bertz CT molecular complexity index is 708. The largest absolute Gasteiger partial charge is 0.409 e. The maximum Gasteiger partial charge on any atom is 0.199 e. The van der Waals surface area contributed by atoms with E-state index in [9.17, 15) is 4.79 Å². The summed E-state index contributed by atoms with van der Waals surface area (Å²) in [5.41, 5.74) is 25.3. The molecule has 0 aromatic heterocycles. The first kappa shape index (κ1) is 14.5. The molecule has 0 aliphatic rings. The van der Waals surface area contributed by atoms with Crippen molar-refractivity contribution < 1.29 is 9.63 Å². The van der Waals surface area contributed by atoms with E-state index in [0.717, 1.165) is 0 Å². The smallest absolute Gasteiger partial charge is 0.199 e. The van der Waals surface area contributed by atoms with E-state index in [2.05, 4.69) is 4.84 Å². The summed E-state index contributed by atoms with van der Waals surface area (Å²) in [6.07, 6.45) is 0. The van der Waals surface area contributed by atoms with Gasteiger partial charge in [-0.1, -0.05) is 6.07 Å². The number of hydrogen-bond acceptors (Lipinski definition) is 7. The molecule has 0 aliphatic carbocycles. The van der Waals surface area contributed by atoms with Crippen LogP contribution in [-0.4, -0.2) is 5.78 Å². The van der Waals surface area contributed by atoms with E-state index in [1.165, 1.54) is 6.07 Å². The Balaban J connectivity index is 2.65. The zero-order valence-electron chi connectivity index (χ0n) is 11.5. The van der Waals surface area contributed by atoms with Crippen LogP contribution in [0.1, 0.15) is 21.5 Å². The van der Waals surface area contributed by atoms with Crippen LogP contribution in [0, 0.1) is 6.92 Å². The molecule has 0 saturated heterocycles. The number of rotatable bonds is 3. The van der Waals surface area contributed by atoms with Crippen LogP contribution in [-0.2, 0) is 0 Å². The Morgan fingerprint density at radius 3 is 2.14 bits per heavy atom. The number of carbonyl (C=O) groups excluding carboxylic acids is 1. The van der Waals surface area contributed by atoms with Crippen molar-refractivity contribution in [3.63, 3.8) is 0 Å². The molecule has 0 unspecified atom stereocenters. The summed E-state index contributed by atoms with van der Waals surface area (Å²) < 4.78 is 0. The molecule has 0 atom stereocenters. The summed E-state index contributed by atoms with van der Waals surface area (Å²) in [4.78, 5) is 17.3. The molecular formula is C14H17N5O2. The van der Waals surface area contributed by atoms with Crippen LogP contribution in [0.15, 0.2) is 24.3 Å². The third-order valence-electron chi connectivity index (χ3n) is 3.32. The minimum atomic E-state index is -0.401. The molecule has 0 radical (unpaired) electrons. The highest BCUT2D eigenvalue weighted by Gasteiger charge is 2.22. The molecule has 0 spiro atoms. The average Bonchev–Trinajstić information content (AvgIpc) is 2.43. The molecule has 0 bridgehead atoms. The summed E-state index contributed by atoms with van der Waals surface area (Å²) in [5.74, 6) is 4.98.